The van der Waals surface area contributed by atoms with Gasteiger partial charge >= 0.3 is 14.8 Å². The number of aromatic carboxylic acids is 1. The predicted molar refractivity (Wildman–Crippen MR) is 200 cm³/mol. The number of hydrogen-bond donors (Lipinski definition) is 2. The fourth-order valence-electron chi connectivity index (χ4n) is 6.41. The summed E-state index contributed by atoms with van der Waals surface area (Å²) in [6.45, 7) is 18.6. The van der Waals surface area contributed by atoms with E-state index in [1.54, 1.807) is 6.07 Å². The van der Waals surface area contributed by atoms with Crippen molar-refractivity contribution in [2.45, 2.75) is 65.8 Å². The topological polar surface area (TPSA) is 131 Å². The second-order valence-corrected chi connectivity index (χ2v) is 16.2. The SMILES string of the molecule is CCO[Si](CCCNS(=O)(=O)c1ccc(-c2c3ccc(=[N+](CC)CC)cc-3oc3cc(N(CC)CC)ccc23)c(C(=O)O)c1)(OCC)OCC. The lowest BCUT2D eigenvalue weighted by molar-refractivity contribution is 0.0692. The first kappa shape index (κ1) is 39.2. The van der Waals surface area contributed by atoms with Gasteiger partial charge in [0.1, 0.15) is 24.4 Å². The summed E-state index contributed by atoms with van der Waals surface area (Å²) in [7, 11) is -6.99. The van der Waals surface area contributed by atoms with Crippen molar-refractivity contribution >= 4 is 41.5 Å². The molecule has 13 heteroatoms. The molecule has 0 fully saturated rings. The number of sulfonamides is 1. The lowest BCUT2D eigenvalue weighted by Gasteiger charge is -2.28. The van der Waals surface area contributed by atoms with Crippen molar-refractivity contribution in [2.75, 3.05) is 57.4 Å². The van der Waals surface area contributed by atoms with Crippen molar-refractivity contribution in [3.8, 4) is 22.5 Å². The van der Waals surface area contributed by atoms with Crippen molar-refractivity contribution in [2.24, 2.45) is 0 Å². The molecule has 0 radical (unpaired) electrons. The monoisotopic (exact) mass is 726 g/mol. The third-order valence-corrected chi connectivity index (χ3v) is 13.4. The molecule has 11 nitrogen and oxygen atoms in total. The zero-order valence-corrected chi connectivity index (χ0v) is 32.2. The first-order chi connectivity index (χ1) is 24.0. The molecule has 1 aliphatic heterocycles. The molecule has 2 N–H and O–H groups in total. The molecular formula is C37H52N3O8SSi+. The summed E-state index contributed by atoms with van der Waals surface area (Å²) in [5, 5.41) is 12.2. The van der Waals surface area contributed by atoms with E-state index in [4.69, 9.17) is 17.7 Å². The predicted octanol–water partition coefficient (Wildman–Crippen LogP) is 6.28. The van der Waals surface area contributed by atoms with Crippen molar-refractivity contribution in [1.29, 1.82) is 0 Å². The first-order valence-corrected chi connectivity index (χ1v) is 21.1. The molecule has 0 bridgehead atoms. The maximum Gasteiger partial charge on any atom is 0.500 e. The summed E-state index contributed by atoms with van der Waals surface area (Å²) in [5.74, 6) is -0.631. The maximum atomic E-state index is 13.5. The number of nitrogens with zero attached hydrogens (tertiary/aromatic N) is 2. The molecule has 1 aliphatic carbocycles. The Hall–Kier alpha value is -3.59. The first-order valence-electron chi connectivity index (χ1n) is 17.6. The van der Waals surface area contributed by atoms with Gasteiger partial charge in [0, 0.05) is 79.8 Å². The molecule has 0 spiro atoms. The van der Waals surface area contributed by atoms with Crippen LogP contribution in [0.2, 0.25) is 6.04 Å². The van der Waals surface area contributed by atoms with Gasteiger partial charge in [-0.05, 0) is 90.8 Å². The smallest absolute Gasteiger partial charge is 0.478 e. The van der Waals surface area contributed by atoms with Crippen LogP contribution in [0, 0.1) is 0 Å². The Kier molecular flexibility index (Phi) is 13.8. The molecule has 0 aromatic heterocycles. The molecule has 4 rings (SSSR count). The molecule has 0 saturated heterocycles. The van der Waals surface area contributed by atoms with E-state index in [1.807, 2.05) is 57.2 Å². The summed E-state index contributed by atoms with van der Waals surface area (Å²) < 4.78 is 56.0. The number of benzene rings is 3. The van der Waals surface area contributed by atoms with E-state index in [0.29, 0.717) is 54.8 Å². The third kappa shape index (κ3) is 8.64. The van der Waals surface area contributed by atoms with E-state index in [2.05, 4.69) is 41.9 Å². The molecule has 0 unspecified atom stereocenters. The number of carbonyl (C=O) groups is 1. The summed E-state index contributed by atoms with van der Waals surface area (Å²) in [6.07, 6.45) is 0.422. The van der Waals surface area contributed by atoms with Gasteiger partial charge in [-0.3, -0.25) is 0 Å². The Balaban J connectivity index is 1.80. The van der Waals surface area contributed by atoms with Gasteiger partial charge in [0.25, 0.3) is 0 Å². The van der Waals surface area contributed by atoms with Crippen LogP contribution in [0.25, 0.3) is 33.4 Å². The molecule has 0 saturated carbocycles. The number of hydrogen-bond acceptors (Lipinski definition) is 8. The average molecular weight is 727 g/mol. The number of nitrogens with one attached hydrogen (secondary N) is 1. The highest BCUT2D eigenvalue weighted by Gasteiger charge is 2.39. The van der Waals surface area contributed by atoms with Crippen molar-refractivity contribution in [3.63, 3.8) is 0 Å². The number of fused-ring (bicyclic) bond motifs is 2. The van der Waals surface area contributed by atoms with E-state index in [1.165, 1.54) is 12.1 Å². The third-order valence-electron chi connectivity index (χ3n) is 8.79. The van der Waals surface area contributed by atoms with E-state index in [-0.39, 0.29) is 17.0 Å². The number of carboxylic acid groups (broad SMARTS) is 1. The second-order valence-electron chi connectivity index (χ2n) is 11.7. The fraction of sp³-hybridized carbons (Fsp3) is 0.459. The Bertz CT molecular complexity index is 1900. The maximum absolute atomic E-state index is 13.5. The molecule has 1 heterocycles. The van der Waals surface area contributed by atoms with Gasteiger partial charge in [-0.2, -0.15) is 0 Å². The van der Waals surface area contributed by atoms with Crippen LogP contribution >= 0.6 is 0 Å². The van der Waals surface area contributed by atoms with Gasteiger partial charge in [-0.1, -0.05) is 6.07 Å². The molecule has 50 heavy (non-hydrogen) atoms. The lowest BCUT2D eigenvalue weighted by atomic mass is 9.90. The van der Waals surface area contributed by atoms with Crippen LogP contribution in [-0.2, 0) is 23.3 Å². The lowest BCUT2D eigenvalue weighted by Crippen LogP contribution is -2.46. The number of rotatable bonds is 19. The minimum atomic E-state index is -4.05. The van der Waals surface area contributed by atoms with Crippen LogP contribution in [0.4, 0.5) is 5.69 Å². The Morgan fingerprint density at radius 1 is 0.860 bits per heavy atom. The summed E-state index contributed by atoms with van der Waals surface area (Å²) in [5.41, 5.74) is 3.26. The van der Waals surface area contributed by atoms with Crippen molar-refractivity contribution in [3.05, 3.63) is 65.5 Å². The summed E-state index contributed by atoms with van der Waals surface area (Å²) in [4.78, 5) is 14.9. The Morgan fingerprint density at radius 3 is 2.08 bits per heavy atom. The van der Waals surface area contributed by atoms with E-state index < -0.39 is 24.8 Å². The van der Waals surface area contributed by atoms with Gasteiger partial charge < -0.3 is 27.7 Å². The molecule has 2 aromatic rings. The molecule has 272 valence electrons. The van der Waals surface area contributed by atoms with Crippen LogP contribution < -0.4 is 19.6 Å². The van der Waals surface area contributed by atoms with Gasteiger partial charge in [0.05, 0.1) is 16.5 Å². The summed E-state index contributed by atoms with van der Waals surface area (Å²) in [6, 6.07) is 16.6. The Labute approximate surface area is 297 Å². The van der Waals surface area contributed by atoms with E-state index >= 15 is 0 Å². The van der Waals surface area contributed by atoms with Crippen LogP contribution in [0.15, 0.2) is 63.9 Å². The Morgan fingerprint density at radius 2 is 1.50 bits per heavy atom. The minimum Gasteiger partial charge on any atom is -0.478 e. The molecule has 0 atom stereocenters. The molecule has 2 aliphatic rings. The highest BCUT2D eigenvalue weighted by molar-refractivity contribution is 7.89. The van der Waals surface area contributed by atoms with Crippen molar-refractivity contribution < 1.29 is 36.0 Å². The van der Waals surface area contributed by atoms with Gasteiger partial charge in [0.15, 0.2) is 0 Å². The highest BCUT2D eigenvalue weighted by atomic mass is 32.2. The highest BCUT2D eigenvalue weighted by Crippen LogP contribution is 2.42. The van der Waals surface area contributed by atoms with E-state index in [0.717, 1.165) is 48.2 Å². The quantitative estimate of drug-likeness (QED) is 0.0497. The standard InChI is InChI=1S/C37H51N3O8SSi/c1-8-39(9-2)27-16-19-31-34(24-27)48-35-25-28(40(10-3)11-4)17-20-32(35)36(31)30-21-18-29(26-33(30)37(41)42)49(43,44)38-22-15-23-50(45-12-5,46-13-6)47-14-7/h16-21,24-26,38H,8-15,22-23H2,1-7H3/p+1. The van der Waals surface area contributed by atoms with Gasteiger partial charge in [0.2, 0.25) is 15.4 Å². The van der Waals surface area contributed by atoms with Gasteiger partial charge in [-0.25, -0.2) is 22.5 Å². The largest absolute Gasteiger partial charge is 0.500 e. The minimum absolute atomic E-state index is 0.105. The zero-order valence-electron chi connectivity index (χ0n) is 30.4. The van der Waals surface area contributed by atoms with Crippen LogP contribution in [-0.4, -0.2) is 80.8 Å². The van der Waals surface area contributed by atoms with Gasteiger partial charge in [-0.15, -0.1) is 0 Å². The number of carboxylic acids is 1. The van der Waals surface area contributed by atoms with Crippen LogP contribution in [0.3, 0.4) is 0 Å². The second kappa shape index (κ2) is 17.6. The average Bonchev–Trinajstić information content (AvgIpc) is 3.10. The van der Waals surface area contributed by atoms with Crippen molar-refractivity contribution in [1.82, 2.24) is 9.30 Å². The molecule has 2 aromatic carbocycles. The normalized spacial score (nSPS) is 12.1. The molecule has 0 amide bonds. The van der Waals surface area contributed by atoms with Crippen LogP contribution in [0.1, 0.15) is 65.2 Å². The number of anilines is 1. The zero-order chi connectivity index (χ0) is 36.5. The van der Waals surface area contributed by atoms with Crippen LogP contribution in [0.5, 0.6) is 0 Å². The fourth-order valence-corrected chi connectivity index (χ4v) is 10.1. The summed E-state index contributed by atoms with van der Waals surface area (Å²) >= 11 is 0. The van der Waals surface area contributed by atoms with E-state index in [9.17, 15) is 18.3 Å². The molecular weight excluding hydrogens is 675 g/mol.